The van der Waals surface area contributed by atoms with Gasteiger partial charge in [-0.3, -0.25) is 4.79 Å². The monoisotopic (exact) mass is 620 g/mol. The normalized spacial score (nSPS) is 12.1. The number of aryl methyl sites for hydroxylation is 1. The van der Waals surface area contributed by atoms with E-state index in [9.17, 15) is 9.59 Å². The topological polar surface area (TPSA) is 72.8 Å². The molecule has 4 rings (SSSR count). The van der Waals surface area contributed by atoms with E-state index < -0.39 is 18.0 Å². The zero-order valence-electron chi connectivity index (χ0n) is 27.8. The van der Waals surface area contributed by atoms with Crippen molar-refractivity contribution in [2.75, 3.05) is 19.8 Å². The first-order valence-corrected chi connectivity index (χ1v) is 16.5. The van der Waals surface area contributed by atoms with Gasteiger partial charge in [0.05, 0.1) is 30.8 Å². The van der Waals surface area contributed by atoms with Gasteiger partial charge in [0.2, 0.25) is 0 Å². The molecule has 0 amide bonds. The van der Waals surface area contributed by atoms with Crippen LogP contribution < -0.4 is 0 Å². The summed E-state index contributed by atoms with van der Waals surface area (Å²) in [5, 5.41) is 11.7. The zero-order valence-corrected chi connectivity index (χ0v) is 27.8. The predicted octanol–water partition coefficient (Wildman–Crippen LogP) is 9.45. The molecule has 0 heterocycles. The first-order chi connectivity index (χ1) is 22.1. The highest BCUT2D eigenvalue weighted by atomic mass is 16.5. The van der Waals surface area contributed by atoms with Gasteiger partial charge in [-0.2, -0.15) is 0 Å². The molecular formula is C41H48O5. The summed E-state index contributed by atoms with van der Waals surface area (Å²) < 4.78 is 10.8. The number of aliphatic hydroxyl groups excluding tert-OH is 1. The Morgan fingerprint density at radius 3 is 1.89 bits per heavy atom. The van der Waals surface area contributed by atoms with Gasteiger partial charge in [0.15, 0.2) is 0 Å². The number of esters is 2. The number of aliphatic hydroxyl groups is 1. The van der Waals surface area contributed by atoms with Gasteiger partial charge in [0.25, 0.3) is 0 Å². The lowest BCUT2D eigenvalue weighted by Gasteiger charge is -2.20. The minimum Gasteiger partial charge on any atom is -0.465 e. The molecule has 0 aliphatic heterocycles. The zero-order chi connectivity index (χ0) is 33.1. The number of hydrogen-bond donors (Lipinski definition) is 1. The fourth-order valence-electron chi connectivity index (χ4n) is 5.46. The lowest BCUT2D eigenvalue weighted by Crippen LogP contribution is -2.24. The maximum atomic E-state index is 12.3. The van der Waals surface area contributed by atoms with Crippen molar-refractivity contribution >= 4 is 22.7 Å². The molecule has 0 fully saturated rings. The van der Waals surface area contributed by atoms with Crippen LogP contribution in [0.4, 0.5) is 0 Å². The summed E-state index contributed by atoms with van der Waals surface area (Å²) in [7, 11) is 0. The molecule has 46 heavy (non-hydrogen) atoms. The number of benzene rings is 4. The van der Waals surface area contributed by atoms with Crippen LogP contribution in [-0.2, 0) is 25.5 Å². The molecule has 0 bridgehead atoms. The number of hydrogen-bond acceptors (Lipinski definition) is 5. The van der Waals surface area contributed by atoms with E-state index in [2.05, 4.69) is 98.4 Å². The Morgan fingerprint density at radius 1 is 0.739 bits per heavy atom. The Labute approximate surface area is 274 Å². The molecule has 0 aliphatic rings. The Hall–Kier alpha value is -4.22. The molecule has 0 spiro atoms. The Bertz CT molecular complexity index is 1610. The number of ether oxygens (including phenoxy) is 2. The molecule has 1 unspecified atom stereocenters. The van der Waals surface area contributed by atoms with Gasteiger partial charge >= 0.3 is 11.9 Å². The number of carbonyl (C=O) groups excluding carboxylic acids is 2. The quantitative estimate of drug-likeness (QED) is 0.0814. The van der Waals surface area contributed by atoms with Crippen LogP contribution in [0.3, 0.4) is 0 Å². The Kier molecular flexibility index (Phi) is 12.3. The van der Waals surface area contributed by atoms with Crippen LogP contribution in [0.15, 0.2) is 97.1 Å². The maximum absolute atomic E-state index is 12.3. The molecule has 4 aromatic carbocycles. The van der Waals surface area contributed by atoms with E-state index >= 15 is 0 Å². The fourth-order valence-corrected chi connectivity index (χ4v) is 5.46. The highest BCUT2D eigenvalue weighted by molar-refractivity contribution is 5.88. The molecule has 242 valence electrons. The Morgan fingerprint density at radius 2 is 1.28 bits per heavy atom. The number of fused-ring (bicyclic) bond motifs is 1. The molecule has 0 aromatic heterocycles. The van der Waals surface area contributed by atoms with Gasteiger partial charge in [-0.05, 0) is 103 Å². The molecule has 0 saturated carbocycles. The van der Waals surface area contributed by atoms with Gasteiger partial charge in [-0.15, -0.1) is 0 Å². The molecule has 1 N–H and O–H groups in total. The van der Waals surface area contributed by atoms with Crippen LogP contribution >= 0.6 is 0 Å². The van der Waals surface area contributed by atoms with Gasteiger partial charge in [0, 0.05) is 0 Å². The van der Waals surface area contributed by atoms with Crippen molar-refractivity contribution in [1.29, 1.82) is 0 Å². The minimum absolute atomic E-state index is 0.0136. The van der Waals surface area contributed by atoms with Crippen LogP contribution in [0.1, 0.15) is 76.8 Å². The third kappa shape index (κ3) is 9.64. The Balaban J connectivity index is 1.44. The fraction of sp³-hybridized carbons (Fsp3) is 0.366. The van der Waals surface area contributed by atoms with Crippen LogP contribution in [0.2, 0.25) is 0 Å². The van der Waals surface area contributed by atoms with E-state index in [1.807, 2.05) is 20.8 Å². The van der Waals surface area contributed by atoms with Crippen molar-refractivity contribution in [1.82, 2.24) is 0 Å². The summed E-state index contributed by atoms with van der Waals surface area (Å²) in [6.07, 6.45) is 6.04. The van der Waals surface area contributed by atoms with Crippen molar-refractivity contribution in [3.8, 4) is 22.3 Å². The molecule has 4 aromatic rings. The number of unbranched alkanes of at least 4 members (excludes halogenated alkanes) is 2. The summed E-state index contributed by atoms with van der Waals surface area (Å²) >= 11 is 0. The highest BCUT2D eigenvalue weighted by Crippen LogP contribution is 2.31. The van der Waals surface area contributed by atoms with Gasteiger partial charge in [-0.1, -0.05) is 105 Å². The second-order valence-electron chi connectivity index (χ2n) is 13.1. The molecule has 0 saturated heterocycles. The van der Waals surface area contributed by atoms with E-state index in [1.54, 1.807) is 0 Å². The number of carbonyl (C=O) groups is 2. The van der Waals surface area contributed by atoms with Crippen LogP contribution in [0.25, 0.3) is 33.0 Å². The maximum Gasteiger partial charge on any atom is 0.335 e. The largest absolute Gasteiger partial charge is 0.465 e. The van der Waals surface area contributed by atoms with Crippen molar-refractivity contribution in [2.45, 2.75) is 72.1 Å². The first-order valence-electron chi connectivity index (χ1n) is 16.5. The van der Waals surface area contributed by atoms with Gasteiger partial charge < -0.3 is 14.6 Å². The first kappa shape index (κ1) is 34.6. The van der Waals surface area contributed by atoms with Crippen molar-refractivity contribution in [3.05, 3.63) is 108 Å². The van der Waals surface area contributed by atoms with E-state index in [0.717, 1.165) is 23.1 Å². The smallest absolute Gasteiger partial charge is 0.335 e. The average molecular weight is 621 g/mol. The van der Waals surface area contributed by atoms with Gasteiger partial charge in [-0.25, -0.2) is 4.79 Å². The lowest BCUT2D eigenvalue weighted by molar-refractivity contribution is -0.153. The lowest BCUT2D eigenvalue weighted by atomic mass is 9.91. The molecule has 0 aliphatic carbocycles. The highest BCUT2D eigenvalue weighted by Gasteiger charge is 2.23. The second-order valence-corrected chi connectivity index (χ2v) is 13.1. The van der Waals surface area contributed by atoms with E-state index in [0.29, 0.717) is 12.8 Å². The van der Waals surface area contributed by atoms with Crippen molar-refractivity contribution in [2.24, 2.45) is 5.41 Å². The van der Waals surface area contributed by atoms with Crippen LogP contribution in [-0.4, -0.2) is 36.9 Å². The van der Waals surface area contributed by atoms with E-state index in [-0.39, 0.29) is 30.7 Å². The summed E-state index contributed by atoms with van der Waals surface area (Å²) in [6.45, 7) is 11.3. The van der Waals surface area contributed by atoms with Crippen molar-refractivity contribution in [3.63, 3.8) is 0 Å². The van der Waals surface area contributed by atoms with E-state index in [1.165, 1.54) is 46.7 Å². The molecule has 0 radical (unpaired) electrons. The third-order valence-corrected chi connectivity index (χ3v) is 8.40. The summed E-state index contributed by atoms with van der Waals surface area (Å²) in [5.74, 6) is -0.833. The second kappa shape index (κ2) is 16.4. The summed E-state index contributed by atoms with van der Waals surface area (Å²) in [5.41, 5.74) is 6.55. The van der Waals surface area contributed by atoms with Crippen LogP contribution in [0, 0.1) is 5.41 Å². The number of rotatable bonds is 15. The molecule has 5 nitrogen and oxygen atoms in total. The SMILES string of the molecule is C=C(CO)C(=O)OCCC(CCOC(=O)C(C)(C)C)c1ccc(-c2ccc(-c3ccc4cc(CCCCC)ccc4c3)cc2)cc1. The summed E-state index contributed by atoms with van der Waals surface area (Å²) in [4.78, 5) is 24.3. The summed E-state index contributed by atoms with van der Waals surface area (Å²) in [6, 6.07) is 30.6. The van der Waals surface area contributed by atoms with Crippen LogP contribution in [0.5, 0.6) is 0 Å². The molecule has 5 heteroatoms. The average Bonchev–Trinajstić information content (AvgIpc) is 3.06. The third-order valence-electron chi connectivity index (χ3n) is 8.40. The standard InChI is InChI=1S/C41H48O5/c1-6-7-8-9-30-10-11-38-27-37(21-20-36(38)26-30)34-18-16-32(17-19-34)31-12-14-33(15-13-31)35(22-24-45-39(43)29(2)28-42)23-25-46-40(44)41(3,4)5/h10-21,26-27,35,42H,2,6-9,22-25,28H2,1,3-5H3. The van der Waals surface area contributed by atoms with Crippen molar-refractivity contribution < 1.29 is 24.2 Å². The van der Waals surface area contributed by atoms with E-state index in [4.69, 9.17) is 14.6 Å². The minimum atomic E-state index is -0.602. The predicted molar refractivity (Wildman–Crippen MR) is 188 cm³/mol. The molecule has 1 atom stereocenters. The molecular weight excluding hydrogens is 572 g/mol. The van der Waals surface area contributed by atoms with Gasteiger partial charge in [0.1, 0.15) is 0 Å².